The molecule has 0 amide bonds. The first kappa shape index (κ1) is 10.8. The minimum absolute atomic E-state index is 0.104. The summed E-state index contributed by atoms with van der Waals surface area (Å²) in [5.74, 6) is 0. The molecule has 0 atom stereocenters. The van der Waals surface area contributed by atoms with Gasteiger partial charge in [-0.05, 0) is 18.2 Å². The fourth-order valence-electron chi connectivity index (χ4n) is 1.38. The van der Waals surface area contributed by atoms with Gasteiger partial charge in [-0.1, -0.05) is 12.1 Å². The monoisotopic (exact) mass is 237 g/mol. The van der Waals surface area contributed by atoms with E-state index in [-0.39, 0.29) is 4.90 Å². The average Bonchev–Trinajstić information content (AvgIpc) is 2.64. The molecule has 0 aliphatic carbocycles. The predicted octanol–water partition coefficient (Wildman–Crippen LogP) is 0.735. The summed E-state index contributed by atoms with van der Waals surface area (Å²) in [5, 5.41) is 9.21. The van der Waals surface area contributed by atoms with Crippen molar-refractivity contribution in [3.05, 3.63) is 36.5 Å². The van der Waals surface area contributed by atoms with Crippen LogP contribution in [0, 0.1) is 0 Å². The van der Waals surface area contributed by atoms with Crippen LogP contribution in [-0.4, -0.2) is 18.2 Å². The minimum Gasteiger partial charge on any atom is -0.275 e. The van der Waals surface area contributed by atoms with Crippen LogP contribution in [-0.2, 0) is 17.1 Å². The summed E-state index contributed by atoms with van der Waals surface area (Å²) in [4.78, 5) is 0.104. The first-order valence-corrected chi connectivity index (χ1v) is 6.14. The zero-order chi connectivity index (χ0) is 11.8. The van der Waals surface area contributed by atoms with Gasteiger partial charge in [-0.15, -0.1) is 0 Å². The smallest absolute Gasteiger partial charge is 0.238 e. The van der Waals surface area contributed by atoms with Crippen LogP contribution in [0.5, 0.6) is 0 Å². The number of aromatic nitrogens is 2. The van der Waals surface area contributed by atoms with Crippen LogP contribution in [0.2, 0.25) is 0 Å². The molecule has 0 fully saturated rings. The minimum atomic E-state index is -3.62. The Hall–Kier alpha value is -1.66. The zero-order valence-electron chi connectivity index (χ0n) is 8.66. The van der Waals surface area contributed by atoms with Crippen LogP contribution in [0.4, 0.5) is 0 Å². The molecule has 0 saturated carbocycles. The predicted molar refractivity (Wildman–Crippen MR) is 60.0 cm³/mol. The third kappa shape index (κ3) is 2.12. The molecule has 0 bridgehead atoms. The maximum Gasteiger partial charge on any atom is 0.238 e. The quantitative estimate of drug-likeness (QED) is 0.836. The second-order valence-corrected chi connectivity index (χ2v) is 5.01. The van der Waals surface area contributed by atoms with Gasteiger partial charge in [0.05, 0.1) is 10.6 Å². The first-order valence-electron chi connectivity index (χ1n) is 4.60. The maximum atomic E-state index is 11.0. The van der Waals surface area contributed by atoms with Crippen molar-refractivity contribution in [3.63, 3.8) is 0 Å². The maximum absolute atomic E-state index is 11.0. The van der Waals surface area contributed by atoms with Gasteiger partial charge in [-0.3, -0.25) is 4.68 Å². The standard InChI is InChI=1S/C10H11N3O2S/c1-13-7-6-10(12-13)8-2-4-9(5-3-8)16(11,14)15/h2-7H,1H3,(H2,11,14,15). The summed E-state index contributed by atoms with van der Waals surface area (Å²) in [6.45, 7) is 0. The fraction of sp³-hybridized carbons (Fsp3) is 0.100. The second-order valence-electron chi connectivity index (χ2n) is 3.44. The lowest BCUT2D eigenvalue weighted by atomic mass is 10.2. The Balaban J connectivity index is 2.40. The third-order valence-electron chi connectivity index (χ3n) is 2.19. The van der Waals surface area contributed by atoms with Crippen molar-refractivity contribution in [1.29, 1.82) is 0 Å². The summed E-state index contributed by atoms with van der Waals surface area (Å²) in [7, 11) is -1.80. The van der Waals surface area contributed by atoms with Gasteiger partial charge in [0, 0.05) is 18.8 Å². The Kier molecular flexibility index (Phi) is 2.53. The van der Waals surface area contributed by atoms with Crippen molar-refractivity contribution >= 4 is 10.0 Å². The van der Waals surface area contributed by atoms with Crippen LogP contribution in [0.25, 0.3) is 11.3 Å². The SMILES string of the molecule is Cn1ccc(-c2ccc(S(N)(=O)=O)cc2)n1. The molecule has 0 aliphatic heterocycles. The highest BCUT2D eigenvalue weighted by atomic mass is 32.2. The Morgan fingerprint density at radius 1 is 1.19 bits per heavy atom. The van der Waals surface area contributed by atoms with E-state index in [1.165, 1.54) is 12.1 Å². The molecule has 0 saturated heterocycles. The average molecular weight is 237 g/mol. The van der Waals surface area contributed by atoms with Crippen molar-refractivity contribution < 1.29 is 8.42 Å². The van der Waals surface area contributed by atoms with Crippen LogP contribution in [0.3, 0.4) is 0 Å². The van der Waals surface area contributed by atoms with Gasteiger partial charge in [-0.2, -0.15) is 5.10 Å². The van der Waals surface area contributed by atoms with Crippen molar-refractivity contribution in [2.45, 2.75) is 4.90 Å². The highest BCUT2D eigenvalue weighted by Crippen LogP contribution is 2.18. The van der Waals surface area contributed by atoms with E-state index >= 15 is 0 Å². The van der Waals surface area contributed by atoms with Gasteiger partial charge in [0.1, 0.15) is 0 Å². The van der Waals surface area contributed by atoms with E-state index in [0.717, 1.165) is 11.3 Å². The summed E-state index contributed by atoms with van der Waals surface area (Å²) < 4.78 is 23.8. The molecule has 5 nitrogen and oxygen atoms in total. The van der Waals surface area contributed by atoms with E-state index in [9.17, 15) is 8.42 Å². The Morgan fingerprint density at radius 2 is 1.81 bits per heavy atom. The van der Waals surface area contributed by atoms with Gasteiger partial charge in [0.25, 0.3) is 0 Å². The fourth-order valence-corrected chi connectivity index (χ4v) is 1.90. The topological polar surface area (TPSA) is 78.0 Å². The molecule has 1 aromatic carbocycles. The van der Waals surface area contributed by atoms with Gasteiger partial charge in [0.2, 0.25) is 10.0 Å². The normalized spacial score (nSPS) is 11.6. The molecule has 6 heteroatoms. The van der Waals surface area contributed by atoms with E-state index in [1.54, 1.807) is 16.8 Å². The summed E-state index contributed by atoms with van der Waals surface area (Å²) in [6, 6.07) is 8.16. The summed E-state index contributed by atoms with van der Waals surface area (Å²) in [6.07, 6.45) is 1.82. The number of nitrogens with two attached hydrogens (primary N) is 1. The summed E-state index contributed by atoms with van der Waals surface area (Å²) >= 11 is 0. The Labute approximate surface area is 93.6 Å². The van der Waals surface area contributed by atoms with Crippen LogP contribution in [0.15, 0.2) is 41.4 Å². The number of nitrogens with zero attached hydrogens (tertiary/aromatic N) is 2. The van der Waals surface area contributed by atoms with Crippen LogP contribution < -0.4 is 5.14 Å². The molecule has 0 radical (unpaired) electrons. The van der Waals surface area contributed by atoms with Crippen molar-refractivity contribution in [1.82, 2.24) is 9.78 Å². The van der Waals surface area contributed by atoms with Crippen molar-refractivity contribution in [2.24, 2.45) is 12.2 Å². The lowest BCUT2D eigenvalue weighted by Crippen LogP contribution is -2.11. The molecule has 2 rings (SSSR count). The molecule has 2 N–H and O–H groups in total. The molecule has 0 aliphatic rings. The van der Waals surface area contributed by atoms with E-state index in [4.69, 9.17) is 5.14 Å². The Bertz CT molecular complexity index is 599. The number of hydrogen-bond acceptors (Lipinski definition) is 3. The molecule has 1 aromatic heterocycles. The molecule has 0 unspecified atom stereocenters. The molecule has 0 spiro atoms. The largest absolute Gasteiger partial charge is 0.275 e. The van der Waals surface area contributed by atoms with Gasteiger partial charge in [-0.25, -0.2) is 13.6 Å². The molecular weight excluding hydrogens is 226 g/mol. The molecule has 2 aromatic rings. The van der Waals surface area contributed by atoms with Gasteiger partial charge in [0.15, 0.2) is 0 Å². The van der Waals surface area contributed by atoms with E-state index in [0.29, 0.717) is 0 Å². The highest BCUT2D eigenvalue weighted by molar-refractivity contribution is 7.89. The number of primary sulfonamides is 1. The molecular formula is C10H11N3O2S. The van der Waals surface area contributed by atoms with Crippen molar-refractivity contribution in [3.8, 4) is 11.3 Å². The third-order valence-corrected chi connectivity index (χ3v) is 3.12. The van der Waals surface area contributed by atoms with Crippen molar-refractivity contribution in [2.75, 3.05) is 0 Å². The first-order chi connectivity index (χ1) is 7.47. The highest BCUT2D eigenvalue weighted by Gasteiger charge is 2.08. The molecule has 84 valence electrons. The van der Waals surface area contributed by atoms with Gasteiger partial charge >= 0.3 is 0 Å². The lowest BCUT2D eigenvalue weighted by Gasteiger charge is -1.99. The lowest BCUT2D eigenvalue weighted by molar-refractivity contribution is 0.598. The number of rotatable bonds is 2. The number of aryl methyl sites for hydroxylation is 1. The second kappa shape index (κ2) is 3.73. The van der Waals surface area contributed by atoms with E-state index < -0.39 is 10.0 Å². The van der Waals surface area contributed by atoms with Crippen LogP contribution in [0.1, 0.15) is 0 Å². The number of benzene rings is 1. The van der Waals surface area contributed by atoms with Gasteiger partial charge < -0.3 is 0 Å². The summed E-state index contributed by atoms with van der Waals surface area (Å²) in [5.41, 5.74) is 1.65. The molecule has 16 heavy (non-hydrogen) atoms. The van der Waals surface area contributed by atoms with E-state index in [1.807, 2.05) is 19.3 Å². The number of sulfonamides is 1. The zero-order valence-corrected chi connectivity index (χ0v) is 9.48. The van der Waals surface area contributed by atoms with E-state index in [2.05, 4.69) is 5.10 Å². The Morgan fingerprint density at radius 3 is 2.25 bits per heavy atom. The number of hydrogen-bond donors (Lipinski definition) is 1. The molecule has 1 heterocycles. The van der Waals surface area contributed by atoms with Crippen LogP contribution >= 0.6 is 0 Å².